The largest absolute Gasteiger partial charge is 0.355 e. The summed E-state index contributed by atoms with van der Waals surface area (Å²) in [6.07, 6.45) is 4.41. The molecular weight excluding hydrogens is 424 g/mol. The second kappa shape index (κ2) is 11.1. The average molecular weight is 459 g/mol. The highest BCUT2D eigenvalue weighted by Gasteiger charge is 2.26. The minimum absolute atomic E-state index is 0.0166. The number of nitrogens with one attached hydrogen (secondary N) is 1. The zero-order valence-electron chi connectivity index (χ0n) is 20.1. The van der Waals surface area contributed by atoms with Gasteiger partial charge in [0.25, 0.3) is 5.56 Å². The van der Waals surface area contributed by atoms with E-state index in [1.54, 1.807) is 12.1 Å². The van der Waals surface area contributed by atoms with Gasteiger partial charge in [-0.15, -0.1) is 5.10 Å². The fourth-order valence-electron chi connectivity index (χ4n) is 4.46. The van der Waals surface area contributed by atoms with Gasteiger partial charge >= 0.3 is 0 Å². The molecule has 6 nitrogen and oxygen atoms in total. The van der Waals surface area contributed by atoms with Crippen LogP contribution in [-0.4, -0.2) is 34.8 Å². The number of hydrogen-bond donors (Lipinski definition) is 1. The Morgan fingerprint density at radius 1 is 1.00 bits per heavy atom. The quantitative estimate of drug-likeness (QED) is 0.551. The molecule has 1 aliphatic heterocycles. The third-order valence-corrected chi connectivity index (χ3v) is 6.66. The Bertz CT molecular complexity index is 1130. The first-order chi connectivity index (χ1) is 16.5. The summed E-state index contributed by atoms with van der Waals surface area (Å²) in [5.74, 6) is 0.936. The normalized spacial score (nSPS) is 15.2. The van der Waals surface area contributed by atoms with Gasteiger partial charge in [0, 0.05) is 31.1 Å². The number of benzene rings is 2. The van der Waals surface area contributed by atoms with E-state index >= 15 is 0 Å². The summed E-state index contributed by atoms with van der Waals surface area (Å²) in [6, 6.07) is 21.8. The Labute approximate surface area is 201 Å². The first-order valence-corrected chi connectivity index (χ1v) is 12.3. The van der Waals surface area contributed by atoms with Crippen LogP contribution >= 0.6 is 0 Å². The summed E-state index contributed by atoms with van der Waals surface area (Å²) >= 11 is 0. The maximum absolute atomic E-state index is 12.8. The van der Waals surface area contributed by atoms with E-state index in [1.807, 2.05) is 30.3 Å². The molecule has 1 aromatic heterocycles. The molecule has 1 atom stereocenters. The van der Waals surface area contributed by atoms with Crippen LogP contribution in [0.3, 0.4) is 0 Å². The molecule has 1 saturated heterocycles. The number of nitrogens with zero attached hydrogens (tertiary/aromatic N) is 3. The van der Waals surface area contributed by atoms with E-state index in [0.29, 0.717) is 0 Å². The number of anilines is 1. The third-order valence-electron chi connectivity index (χ3n) is 6.66. The summed E-state index contributed by atoms with van der Waals surface area (Å²) in [6.45, 7) is 5.68. The Kier molecular flexibility index (Phi) is 7.78. The van der Waals surface area contributed by atoms with Crippen LogP contribution in [0.5, 0.6) is 0 Å². The number of carbonyl (C=O) groups excluding carboxylic acids is 1. The van der Waals surface area contributed by atoms with E-state index in [4.69, 9.17) is 0 Å². The Morgan fingerprint density at radius 3 is 2.38 bits per heavy atom. The van der Waals surface area contributed by atoms with Gasteiger partial charge in [0.2, 0.25) is 5.91 Å². The molecule has 178 valence electrons. The highest BCUT2D eigenvalue weighted by atomic mass is 16.2. The van der Waals surface area contributed by atoms with Gasteiger partial charge in [0.15, 0.2) is 0 Å². The van der Waals surface area contributed by atoms with Crippen LogP contribution in [0.4, 0.5) is 5.82 Å². The highest BCUT2D eigenvalue weighted by Crippen LogP contribution is 2.22. The fourth-order valence-corrected chi connectivity index (χ4v) is 4.46. The molecule has 0 aliphatic carbocycles. The summed E-state index contributed by atoms with van der Waals surface area (Å²) in [4.78, 5) is 27.4. The summed E-state index contributed by atoms with van der Waals surface area (Å²) in [5.41, 5.74) is 3.14. The van der Waals surface area contributed by atoms with Gasteiger partial charge in [-0.3, -0.25) is 9.59 Å². The lowest BCUT2D eigenvalue weighted by Gasteiger charge is -2.32. The van der Waals surface area contributed by atoms with Gasteiger partial charge in [-0.05, 0) is 68.4 Å². The number of carbonyl (C=O) groups is 1. The maximum atomic E-state index is 12.8. The second-order valence-corrected chi connectivity index (χ2v) is 9.16. The number of piperidine rings is 1. The van der Waals surface area contributed by atoms with Crippen molar-refractivity contribution in [2.24, 2.45) is 5.92 Å². The van der Waals surface area contributed by atoms with Crippen LogP contribution in [0, 0.1) is 5.92 Å². The maximum Gasteiger partial charge on any atom is 0.271 e. The van der Waals surface area contributed by atoms with Crippen molar-refractivity contribution in [3.05, 3.63) is 88.2 Å². The number of aromatic nitrogens is 2. The number of rotatable bonds is 8. The lowest BCUT2D eigenvalue weighted by Crippen LogP contribution is -2.43. The molecule has 34 heavy (non-hydrogen) atoms. The second-order valence-electron chi connectivity index (χ2n) is 9.16. The first-order valence-electron chi connectivity index (χ1n) is 12.3. The molecule has 0 radical (unpaired) electrons. The summed E-state index contributed by atoms with van der Waals surface area (Å²) in [7, 11) is 0. The lowest BCUT2D eigenvalue weighted by molar-refractivity contribution is -0.126. The monoisotopic (exact) mass is 458 g/mol. The van der Waals surface area contributed by atoms with Gasteiger partial charge in [-0.25, -0.2) is 0 Å². The number of amides is 1. The molecule has 0 bridgehead atoms. The summed E-state index contributed by atoms with van der Waals surface area (Å²) < 4.78 is 1.46. The van der Waals surface area contributed by atoms with E-state index in [9.17, 15) is 9.59 Å². The van der Waals surface area contributed by atoms with Gasteiger partial charge in [-0.1, -0.05) is 49.4 Å². The zero-order valence-corrected chi connectivity index (χ0v) is 20.1. The predicted molar refractivity (Wildman–Crippen MR) is 137 cm³/mol. The summed E-state index contributed by atoms with van der Waals surface area (Å²) in [5, 5.41) is 7.83. The standard InChI is InChI=1S/C28H34N4O2/c1-3-22-11-13-25(14-12-22)32-27(33)16-15-26(30-32)31-19-17-24(18-20-31)28(34)29-21(2)9-10-23-7-5-4-6-8-23/h4-8,11-16,21,24H,3,9-10,17-20H2,1-2H3,(H,29,34). The van der Waals surface area contributed by atoms with Gasteiger partial charge in [0.1, 0.15) is 5.82 Å². The number of aryl methyl sites for hydroxylation is 2. The van der Waals surface area contributed by atoms with E-state index in [1.165, 1.54) is 15.8 Å². The van der Waals surface area contributed by atoms with Gasteiger partial charge < -0.3 is 10.2 Å². The van der Waals surface area contributed by atoms with Crippen molar-refractivity contribution in [2.45, 2.75) is 52.0 Å². The molecule has 1 aliphatic rings. The molecule has 3 aromatic rings. The molecule has 0 spiro atoms. The average Bonchev–Trinajstić information content (AvgIpc) is 2.88. The topological polar surface area (TPSA) is 67.2 Å². The van der Waals surface area contributed by atoms with Crippen LogP contribution in [0.2, 0.25) is 0 Å². The molecule has 4 rings (SSSR count). The van der Waals surface area contributed by atoms with E-state index in [0.717, 1.165) is 56.7 Å². The third kappa shape index (κ3) is 5.93. The van der Waals surface area contributed by atoms with Crippen molar-refractivity contribution in [3.8, 4) is 5.69 Å². The molecule has 1 amide bonds. The molecule has 1 N–H and O–H groups in total. The van der Waals surface area contributed by atoms with Crippen molar-refractivity contribution in [1.29, 1.82) is 0 Å². The fraction of sp³-hybridized carbons (Fsp3) is 0.393. The lowest BCUT2D eigenvalue weighted by atomic mass is 9.95. The highest BCUT2D eigenvalue weighted by molar-refractivity contribution is 5.79. The van der Waals surface area contributed by atoms with Gasteiger partial charge in [-0.2, -0.15) is 4.68 Å². The van der Waals surface area contributed by atoms with E-state index in [-0.39, 0.29) is 23.4 Å². The van der Waals surface area contributed by atoms with Crippen molar-refractivity contribution < 1.29 is 4.79 Å². The first kappa shape index (κ1) is 23.7. The van der Waals surface area contributed by atoms with Crippen LogP contribution in [-0.2, 0) is 17.6 Å². The minimum Gasteiger partial charge on any atom is -0.355 e. The van der Waals surface area contributed by atoms with Gasteiger partial charge in [0.05, 0.1) is 5.69 Å². The predicted octanol–water partition coefficient (Wildman–Crippen LogP) is 4.15. The van der Waals surface area contributed by atoms with Crippen molar-refractivity contribution >= 4 is 11.7 Å². The Morgan fingerprint density at radius 2 is 1.71 bits per heavy atom. The Hall–Kier alpha value is -3.41. The van der Waals surface area contributed by atoms with Crippen molar-refractivity contribution in [2.75, 3.05) is 18.0 Å². The Balaban J connectivity index is 1.31. The molecule has 1 unspecified atom stereocenters. The minimum atomic E-state index is -0.147. The zero-order chi connectivity index (χ0) is 23.9. The van der Waals surface area contributed by atoms with E-state index in [2.05, 4.69) is 53.4 Å². The van der Waals surface area contributed by atoms with Crippen LogP contribution < -0.4 is 15.8 Å². The number of hydrogen-bond acceptors (Lipinski definition) is 4. The van der Waals surface area contributed by atoms with Crippen molar-refractivity contribution in [3.63, 3.8) is 0 Å². The van der Waals surface area contributed by atoms with Crippen LogP contribution in [0.25, 0.3) is 5.69 Å². The molecule has 6 heteroatoms. The van der Waals surface area contributed by atoms with Crippen LogP contribution in [0.1, 0.15) is 44.2 Å². The molecule has 0 saturated carbocycles. The molecular formula is C28H34N4O2. The SMILES string of the molecule is CCc1ccc(-n2nc(N3CCC(C(=O)NC(C)CCc4ccccc4)CC3)ccc2=O)cc1. The van der Waals surface area contributed by atoms with Crippen LogP contribution in [0.15, 0.2) is 71.5 Å². The molecule has 2 heterocycles. The molecule has 2 aromatic carbocycles. The smallest absolute Gasteiger partial charge is 0.271 e. The van der Waals surface area contributed by atoms with Crippen molar-refractivity contribution in [1.82, 2.24) is 15.1 Å². The van der Waals surface area contributed by atoms with E-state index < -0.39 is 0 Å². The molecule has 1 fully saturated rings.